The van der Waals surface area contributed by atoms with E-state index in [-0.39, 0.29) is 11.8 Å². The summed E-state index contributed by atoms with van der Waals surface area (Å²) in [4.78, 5) is 25.8. The van der Waals surface area contributed by atoms with Crippen LogP contribution in [0.4, 0.5) is 5.69 Å². The number of amides is 2. The fourth-order valence-electron chi connectivity index (χ4n) is 2.15. The van der Waals surface area contributed by atoms with Gasteiger partial charge in [0.2, 0.25) is 5.91 Å². The van der Waals surface area contributed by atoms with Gasteiger partial charge < -0.3 is 15.5 Å². The van der Waals surface area contributed by atoms with Crippen molar-refractivity contribution in [2.24, 2.45) is 0 Å². The van der Waals surface area contributed by atoms with Crippen LogP contribution < -0.4 is 10.6 Å². The number of benzene rings is 1. The lowest BCUT2D eigenvalue weighted by Gasteiger charge is -2.19. The van der Waals surface area contributed by atoms with Gasteiger partial charge in [0.25, 0.3) is 5.91 Å². The van der Waals surface area contributed by atoms with Crippen LogP contribution in [0.3, 0.4) is 0 Å². The molecule has 1 fully saturated rings. The van der Waals surface area contributed by atoms with Crippen molar-refractivity contribution in [2.45, 2.75) is 32.7 Å². The third kappa shape index (κ3) is 4.56. The molecule has 0 unspecified atom stereocenters. The van der Waals surface area contributed by atoms with Gasteiger partial charge in [0, 0.05) is 30.4 Å². The zero-order valence-corrected chi connectivity index (χ0v) is 12.7. The Morgan fingerprint density at radius 2 is 1.95 bits per heavy atom. The Hall–Kier alpha value is -1.88. The summed E-state index contributed by atoms with van der Waals surface area (Å²) < 4.78 is 0. The second-order valence-corrected chi connectivity index (χ2v) is 5.26. The molecule has 1 aromatic carbocycles. The lowest BCUT2D eigenvalue weighted by atomic mass is 10.1. The molecule has 2 N–H and O–H groups in total. The third-order valence-corrected chi connectivity index (χ3v) is 3.57. The molecular formula is C16H23N3O2. The zero-order chi connectivity index (χ0) is 15.2. The predicted octanol–water partition coefficient (Wildman–Crippen LogP) is 1.86. The summed E-state index contributed by atoms with van der Waals surface area (Å²) in [6.45, 7) is 5.58. The van der Waals surface area contributed by atoms with Gasteiger partial charge >= 0.3 is 0 Å². The summed E-state index contributed by atoms with van der Waals surface area (Å²) in [5.41, 5.74) is 1.27. The smallest absolute Gasteiger partial charge is 0.253 e. The van der Waals surface area contributed by atoms with Crippen LogP contribution in [0.2, 0.25) is 0 Å². The summed E-state index contributed by atoms with van der Waals surface area (Å²) in [6.07, 6.45) is 2.31. The fraction of sp³-hybridized carbons (Fsp3) is 0.500. The van der Waals surface area contributed by atoms with E-state index in [0.717, 1.165) is 12.8 Å². The van der Waals surface area contributed by atoms with Gasteiger partial charge in [-0.1, -0.05) is 6.07 Å². The van der Waals surface area contributed by atoms with Crippen LogP contribution in [0.1, 0.15) is 37.0 Å². The van der Waals surface area contributed by atoms with Crippen LogP contribution in [0.25, 0.3) is 0 Å². The van der Waals surface area contributed by atoms with Crippen molar-refractivity contribution in [2.75, 3.05) is 25.0 Å². The molecule has 2 rings (SSSR count). The van der Waals surface area contributed by atoms with Crippen LogP contribution in [-0.2, 0) is 4.79 Å². The van der Waals surface area contributed by atoms with E-state index in [2.05, 4.69) is 10.6 Å². The summed E-state index contributed by atoms with van der Waals surface area (Å²) in [7, 11) is 0. The maximum atomic E-state index is 12.3. The fourth-order valence-corrected chi connectivity index (χ4v) is 2.15. The topological polar surface area (TPSA) is 61.4 Å². The summed E-state index contributed by atoms with van der Waals surface area (Å²) in [5.74, 6) is -0.0819. The number of carbonyl (C=O) groups is 2. The number of anilines is 1. The van der Waals surface area contributed by atoms with E-state index < -0.39 is 0 Å². The Balaban J connectivity index is 1.96. The monoisotopic (exact) mass is 289 g/mol. The molecule has 0 aromatic heterocycles. The molecule has 2 amide bonds. The van der Waals surface area contributed by atoms with E-state index in [4.69, 9.17) is 0 Å². The lowest BCUT2D eigenvalue weighted by Crippen LogP contribution is -2.31. The normalized spacial score (nSPS) is 13.8. The number of rotatable bonds is 7. The third-order valence-electron chi connectivity index (χ3n) is 3.57. The SMILES string of the molecule is CCN(CC)C(=O)c1cccc(NC(=O)CNC2CC2)c1. The number of hydrogen-bond donors (Lipinski definition) is 2. The van der Waals surface area contributed by atoms with Crippen LogP contribution in [0.5, 0.6) is 0 Å². The Morgan fingerprint density at radius 3 is 2.57 bits per heavy atom. The van der Waals surface area contributed by atoms with Gasteiger partial charge in [0.15, 0.2) is 0 Å². The highest BCUT2D eigenvalue weighted by molar-refractivity contribution is 5.97. The Bertz CT molecular complexity index is 508. The van der Waals surface area contributed by atoms with Crippen molar-refractivity contribution in [1.82, 2.24) is 10.2 Å². The first kappa shape index (κ1) is 15.5. The first-order valence-electron chi connectivity index (χ1n) is 7.56. The highest BCUT2D eigenvalue weighted by Crippen LogP contribution is 2.18. The summed E-state index contributed by atoms with van der Waals surface area (Å²) in [6, 6.07) is 7.61. The molecule has 0 atom stereocenters. The molecule has 5 nitrogen and oxygen atoms in total. The van der Waals surface area contributed by atoms with E-state index in [0.29, 0.717) is 36.9 Å². The molecule has 1 aliphatic rings. The van der Waals surface area contributed by atoms with Gasteiger partial charge in [-0.3, -0.25) is 9.59 Å². The van der Waals surface area contributed by atoms with Crippen LogP contribution in [0, 0.1) is 0 Å². The van der Waals surface area contributed by atoms with Gasteiger partial charge in [-0.2, -0.15) is 0 Å². The summed E-state index contributed by atoms with van der Waals surface area (Å²) in [5, 5.41) is 5.99. The molecule has 0 aliphatic heterocycles. The maximum absolute atomic E-state index is 12.3. The molecule has 0 heterocycles. The van der Waals surface area contributed by atoms with Gasteiger partial charge in [0.05, 0.1) is 6.54 Å². The second kappa shape index (κ2) is 7.22. The lowest BCUT2D eigenvalue weighted by molar-refractivity contribution is -0.115. The molecule has 0 saturated heterocycles. The Kier molecular flexibility index (Phi) is 5.33. The second-order valence-electron chi connectivity index (χ2n) is 5.26. The minimum absolute atomic E-state index is 0.00722. The Morgan fingerprint density at radius 1 is 1.24 bits per heavy atom. The molecular weight excluding hydrogens is 266 g/mol. The van der Waals surface area contributed by atoms with Crippen molar-refractivity contribution < 1.29 is 9.59 Å². The molecule has 21 heavy (non-hydrogen) atoms. The summed E-state index contributed by atoms with van der Waals surface area (Å²) >= 11 is 0. The highest BCUT2D eigenvalue weighted by atomic mass is 16.2. The van der Waals surface area contributed by atoms with Crippen molar-refractivity contribution >= 4 is 17.5 Å². The van der Waals surface area contributed by atoms with Gasteiger partial charge in [-0.05, 0) is 44.9 Å². The molecule has 114 valence electrons. The van der Waals surface area contributed by atoms with Crippen molar-refractivity contribution in [3.05, 3.63) is 29.8 Å². The molecule has 0 spiro atoms. The highest BCUT2D eigenvalue weighted by Gasteiger charge is 2.21. The first-order valence-corrected chi connectivity index (χ1v) is 7.56. The van der Waals surface area contributed by atoms with Gasteiger partial charge in [-0.15, -0.1) is 0 Å². The largest absolute Gasteiger partial charge is 0.339 e. The molecule has 0 bridgehead atoms. The van der Waals surface area contributed by atoms with E-state index in [9.17, 15) is 9.59 Å². The van der Waals surface area contributed by atoms with Crippen LogP contribution >= 0.6 is 0 Å². The molecule has 1 saturated carbocycles. The van der Waals surface area contributed by atoms with E-state index >= 15 is 0 Å². The van der Waals surface area contributed by atoms with E-state index in [1.54, 1.807) is 29.2 Å². The van der Waals surface area contributed by atoms with Crippen molar-refractivity contribution in [3.63, 3.8) is 0 Å². The molecule has 1 aliphatic carbocycles. The Labute approximate surface area is 125 Å². The molecule has 1 aromatic rings. The predicted molar refractivity (Wildman–Crippen MR) is 83.3 cm³/mol. The number of hydrogen-bond acceptors (Lipinski definition) is 3. The standard InChI is InChI=1S/C16H23N3O2/c1-3-19(4-2)16(21)12-6-5-7-14(10-12)18-15(20)11-17-13-8-9-13/h5-7,10,13,17H,3-4,8-9,11H2,1-2H3,(H,18,20). The van der Waals surface area contributed by atoms with Crippen molar-refractivity contribution in [1.29, 1.82) is 0 Å². The quantitative estimate of drug-likeness (QED) is 0.805. The van der Waals surface area contributed by atoms with Crippen LogP contribution in [-0.4, -0.2) is 42.4 Å². The number of nitrogens with zero attached hydrogens (tertiary/aromatic N) is 1. The number of carbonyl (C=O) groups excluding carboxylic acids is 2. The van der Waals surface area contributed by atoms with Gasteiger partial charge in [0.1, 0.15) is 0 Å². The average Bonchev–Trinajstić information content (AvgIpc) is 3.31. The number of nitrogens with one attached hydrogen (secondary N) is 2. The average molecular weight is 289 g/mol. The van der Waals surface area contributed by atoms with E-state index in [1.165, 1.54) is 0 Å². The molecule has 5 heteroatoms. The van der Waals surface area contributed by atoms with Crippen LogP contribution in [0.15, 0.2) is 24.3 Å². The minimum Gasteiger partial charge on any atom is -0.339 e. The minimum atomic E-state index is -0.0747. The first-order chi connectivity index (χ1) is 10.1. The van der Waals surface area contributed by atoms with E-state index in [1.807, 2.05) is 13.8 Å². The van der Waals surface area contributed by atoms with Crippen molar-refractivity contribution in [3.8, 4) is 0 Å². The van der Waals surface area contributed by atoms with Gasteiger partial charge in [-0.25, -0.2) is 0 Å². The molecule has 0 radical (unpaired) electrons. The zero-order valence-electron chi connectivity index (χ0n) is 12.7. The maximum Gasteiger partial charge on any atom is 0.253 e.